The van der Waals surface area contributed by atoms with Crippen LogP contribution in [0, 0.1) is 0 Å². The number of anilines is 1. The van der Waals surface area contributed by atoms with E-state index in [9.17, 15) is 9.90 Å². The Labute approximate surface area is 164 Å². The van der Waals surface area contributed by atoms with E-state index in [0.717, 1.165) is 49.9 Å². The number of benzene rings is 1. The first-order valence-corrected chi connectivity index (χ1v) is 9.23. The molecule has 4 rings (SSSR count). The molecule has 2 aromatic rings. The van der Waals surface area contributed by atoms with Gasteiger partial charge in [-0.25, -0.2) is 0 Å². The van der Waals surface area contributed by atoms with Crippen LogP contribution in [0.15, 0.2) is 24.3 Å². The zero-order valence-electron chi connectivity index (χ0n) is 15.0. The molecule has 0 radical (unpaired) electrons. The van der Waals surface area contributed by atoms with Gasteiger partial charge in [0.05, 0.1) is 6.10 Å². The van der Waals surface area contributed by atoms with Gasteiger partial charge in [0.1, 0.15) is 11.9 Å². The first-order valence-electron chi connectivity index (χ1n) is 9.23. The van der Waals surface area contributed by atoms with E-state index in [2.05, 4.69) is 20.8 Å². The molecular formula is C19H25ClN4O3. The molecule has 146 valence electrons. The van der Waals surface area contributed by atoms with Crippen molar-refractivity contribution in [2.24, 2.45) is 0 Å². The minimum Gasteiger partial charge on any atom is -0.488 e. The Morgan fingerprint density at radius 2 is 2.00 bits per heavy atom. The molecule has 2 unspecified atom stereocenters. The number of ether oxygens (including phenoxy) is 1. The number of halogens is 1. The van der Waals surface area contributed by atoms with Crippen molar-refractivity contribution in [1.82, 2.24) is 15.5 Å². The molecule has 1 amide bonds. The fourth-order valence-electron chi connectivity index (χ4n) is 3.61. The third-order valence-electron chi connectivity index (χ3n) is 5.09. The summed E-state index contributed by atoms with van der Waals surface area (Å²) in [4.78, 5) is 12.5. The molecule has 0 bridgehead atoms. The van der Waals surface area contributed by atoms with Crippen LogP contribution in [0.4, 0.5) is 5.69 Å². The minimum atomic E-state index is -0.400. The van der Waals surface area contributed by atoms with Crippen LogP contribution in [-0.4, -0.2) is 40.0 Å². The lowest BCUT2D eigenvalue weighted by atomic mass is 9.95. The summed E-state index contributed by atoms with van der Waals surface area (Å²) in [5.41, 5.74) is 3.11. The van der Waals surface area contributed by atoms with Crippen LogP contribution in [0.25, 0.3) is 0 Å². The van der Waals surface area contributed by atoms with Crippen LogP contribution in [0.2, 0.25) is 0 Å². The molecule has 2 heterocycles. The van der Waals surface area contributed by atoms with E-state index in [0.29, 0.717) is 23.7 Å². The van der Waals surface area contributed by atoms with E-state index >= 15 is 0 Å². The van der Waals surface area contributed by atoms with E-state index in [4.69, 9.17) is 4.74 Å². The van der Waals surface area contributed by atoms with Crippen molar-refractivity contribution in [3.05, 3.63) is 41.2 Å². The lowest BCUT2D eigenvalue weighted by molar-refractivity contribution is 0.00688. The number of H-pyrrole nitrogens is 1. The van der Waals surface area contributed by atoms with Gasteiger partial charge in [0.2, 0.25) is 0 Å². The van der Waals surface area contributed by atoms with Crippen LogP contribution < -0.4 is 15.4 Å². The molecule has 1 aliphatic carbocycles. The van der Waals surface area contributed by atoms with Gasteiger partial charge in [0.15, 0.2) is 5.69 Å². The predicted molar refractivity (Wildman–Crippen MR) is 105 cm³/mol. The van der Waals surface area contributed by atoms with Crippen molar-refractivity contribution < 1.29 is 14.6 Å². The number of hydrogen-bond acceptors (Lipinski definition) is 5. The van der Waals surface area contributed by atoms with Gasteiger partial charge in [-0.15, -0.1) is 12.4 Å². The minimum absolute atomic E-state index is 0. The molecule has 2 aliphatic rings. The maximum Gasteiger partial charge on any atom is 0.276 e. The number of carbonyl (C=O) groups is 1. The Bertz CT molecular complexity index is 778. The molecule has 1 aromatic heterocycles. The summed E-state index contributed by atoms with van der Waals surface area (Å²) in [6.45, 7) is 1.55. The third-order valence-corrected chi connectivity index (χ3v) is 5.09. The molecule has 2 atom stereocenters. The van der Waals surface area contributed by atoms with Gasteiger partial charge in [0.25, 0.3) is 5.91 Å². The summed E-state index contributed by atoms with van der Waals surface area (Å²) in [5.74, 6) is 0.484. The average molecular weight is 393 g/mol. The van der Waals surface area contributed by atoms with Crippen molar-refractivity contribution in [3.8, 4) is 5.75 Å². The molecule has 4 N–H and O–H groups in total. The lowest BCUT2D eigenvalue weighted by Gasteiger charge is -2.28. The Morgan fingerprint density at radius 3 is 2.78 bits per heavy atom. The van der Waals surface area contributed by atoms with Crippen LogP contribution in [-0.2, 0) is 13.0 Å². The Hall–Kier alpha value is -2.09. The zero-order valence-corrected chi connectivity index (χ0v) is 15.8. The SMILES string of the molecule is Cl.O=C(Nc1ccc(OC2CCCCC2O)cc1)c1n[nH]c2c1CNCC2. The summed E-state index contributed by atoms with van der Waals surface area (Å²) in [6, 6.07) is 7.25. The Kier molecular flexibility index (Phi) is 6.36. The second-order valence-electron chi connectivity index (χ2n) is 6.94. The van der Waals surface area contributed by atoms with Crippen molar-refractivity contribution in [2.75, 3.05) is 11.9 Å². The fourth-order valence-corrected chi connectivity index (χ4v) is 3.61. The molecule has 1 aromatic carbocycles. The first kappa shape index (κ1) is 19.7. The van der Waals surface area contributed by atoms with Crippen LogP contribution in [0.3, 0.4) is 0 Å². The highest BCUT2D eigenvalue weighted by Crippen LogP contribution is 2.25. The van der Waals surface area contributed by atoms with Gasteiger partial charge in [-0.1, -0.05) is 6.42 Å². The zero-order chi connectivity index (χ0) is 17.9. The number of rotatable bonds is 4. The number of aromatic amines is 1. The monoisotopic (exact) mass is 392 g/mol. The summed E-state index contributed by atoms with van der Waals surface area (Å²) in [5, 5.41) is 23.3. The average Bonchev–Trinajstić information content (AvgIpc) is 3.09. The van der Waals surface area contributed by atoms with Crippen molar-refractivity contribution in [3.63, 3.8) is 0 Å². The van der Waals surface area contributed by atoms with E-state index in [1.54, 1.807) is 12.1 Å². The number of amides is 1. The highest BCUT2D eigenvalue weighted by atomic mass is 35.5. The topological polar surface area (TPSA) is 99.3 Å². The molecule has 1 fully saturated rings. The number of hydrogen-bond donors (Lipinski definition) is 4. The van der Waals surface area contributed by atoms with Crippen molar-refractivity contribution >= 4 is 24.0 Å². The largest absolute Gasteiger partial charge is 0.488 e. The van der Waals surface area contributed by atoms with E-state index in [1.807, 2.05) is 12.1 Å². The molecule has 1 saturated carbocycles. The summed E-state index contributed by atoms with van der Waals surface area (Å²) in [6.07, 6.45) is 4.11. The number of fused-ring (bicyclic) bond motifs is 1. The van der Waals surface area contributed by atoms with Gasteiger partial charge in [-0.05, 0) is 43.5 Å². The highest BCUT2D eigenvalue weighted by molar-refractivity contribution is 6.04. The van der Waals surface area contributed by atoms with Crippen LogP contribution in [0.1, 0.15) is 47.4 Å². The summed E-state index contributed by atoms with van der Waals surface area (Å²) >= 11 is 0. The predicted octanol–water partition coefficient (Wildman–Crippen LogP) is 2.41. The van der Waals surface area contributed by atoms with E-state index in [1.165, 1.54) is 0 Å². The Balaban J connectivity index is 0.00000210. The summed E-state index contributed by atoms with van der Waals surface area (Å²) < 4.78 is 5.89. The van der Waals surface area contributed by atoms with Crippen molar-refractivity contribution in [2.45, 2.75) is 50.9 Å². The van der Waals surface area contributed by atoms with Crippen molar-refractivity contribution in [1.29, 1.82) is 0 Å². The van der Waals surface area contributed by atoms with E-state index < -0.39 is 6.10 Å². The van der Waals surface area contributed by atoms with Crippen LogP contribution in [0.5, 0.6) is 5.75 Å². The molecule has 0 spiro atoms. The lowest BCUT2D eigenvalue weighted by Crippen LogP contribution is -2.34. The van der Waals surface area contributed by atoms with Gasteiger partial charge >= 0.3 is 0 Å². The number of aliphatic hydroxyl groups excluding tert-OH is 1. The number of nitrogens with zero attached hydrogens (tertiary/aromatic N) is 1. The quantitative estimate of drug-likeness (QED) is 0.640. The first-order chi connectivity index (χ1) is 12.7. The molecule has 1 aliphatic heterocycles. The second-order valence-corrected chi connectivity index (χ2v) is 6.94. The smallest absolute Gasteiger partial charge is 0.276 e. The van der Waals surface area contributed by atoms with Crippen LogP contribution >= 0.6 is 12.4 Å². The maximum absolute atomic E-state index is 12.5. The maximum atomic E-state index is 12.5. The number of aliphatic hydroxyl groups is 1. The van der Waals surface area contributed by atoms with Gasteiger partial charge in [-0.3, -0.25) is 9.89 Å². The normalized spacial score (nSPS) is 21.7. The van der Waals surface area contributed by atoms with Gasteiger partial charge in [0, 0.05) is 36.5 Å². The molecule has 7 nitrogen and oxygen atoms in total. The fraction of sp³-hybridized carbons (Fsp3) is 0.474. The highest BCUT2D eigenvalue weighted by Gasteiger charge is 2.25. The molecule has 27 heavy (non-hydrogen) atoms. The number of nitrogens with one attached hydrogen (secondary N) is 3. The molecular weight excluding hydrogens is 368 g/mol. The second kappa shape index (κ2) is 8.73. The van der Waals surface area contributed by atoms with Gasteiger partial charge < -0.3 is 20.5 Å². The van der Waals surface area contributed by atoms with Gasteiger partial charge in [-0.2, -0.15) is 5.10 Å². The Morgan fingerprint density at radius 1 is 1.22 bits per heavy atom. The standard InChI is InChI=1S/C19H24N4O3.ClH/c24-16-3-1-2-4-17(16)26-13-7-5-12(6-8-13)21-19(25)18-14-11-20-10-9-15(14)22-23-18;/h5-8,16-17,20,24H,1-4,9-11H2,(H,21,25)(H,22,23);1H. The molecule has 8 heteroatoms. The third kappa shape index (κ3) is 4.43. The van der Waals surface area contributed by atoms with E-state index in [-0.39, 0.29) is 24.4 Å². The number of carbonyl (C=O) groups excluding carboxylic acids is 1. The number of aromatic nitrogens is 2. The summed E-state index contributed by atoms with van der Waals surface area (Å²) in [7, 11) is 0. The molecule has 0 saturated heterocycles.